The molecule has 2 aliphatic carbocycles. The fraction of sp³-hybridized carbons (Fsp3) is 0.458. The Kier molecular flexibility index (Phi) is 5.82. The molecular formula is C24H25FINO4S. The van der Waals surface area contributed by atoms with Crippen LogP contribution < -0.4 is 0 Å². The quantitative estimate of drug-likeness (QED) is 0.416. The number of benzene rings is 2. The first-order chi connectivity index (χ1) is 15.3. The topological polar surface area (TPSA) is 63.7 Å². The number of halogens is 2. The molecule has 8 heteroatoms. The van der Waals surface area contributed by atoms with Gasteiger partial charge in [0.2, 0.25) is 5.91 Å². The highest BCUT2D eigenvalue weighted by Gasteiger charge is 2.61. The second-order valence-electron chi connectivity index (χ2n) is 8.88. The van der Waals surface area contributed by atoms with Crippen LogP contribution in [0.25, 0.3) is 0 Å². The molecule has 0 N–H and O–H groups in total. The van der Waals surface area contributed by atoms with Crippen molar-refractivity contribution in [1.82, 2.24) is 4.90 Å². The molecule has 2 aromatic carbocycles. The molecule has 0 spiro atoms. The second kappa shape index (κ2) is 8.36. The minimum atomic E-state index is -3.87. The maximum absolute atomic E-state index is 14.2. The second-order valence-corrected chi connectivity index (χ2v) is 12.3. The predicted molar refractivity (Wildman–Crippen MR) is 126 cm³/mol. The number of hydrogen-bond acceptors (Lipinski definition) is 4. The van der Waals surface area contributed by atoms with Crippen LogP contribution in [0.4, 0.5) is 4.39 Å². The number of ether oxygens (including phenoxy) is 1. The Labute approximate surface area is 201 Å². The molecule has 1 amide bonds. The summed E-state index contributed by atoms with van der Waals surface area (Å²) in [5.41, 5.74) is 1.86. The van der Waals surface area contributed by atoms with Gasteiger partial charge in [-0.25, -0.2) is 12.8 Å². The molecule has 32 heavy (non-hydrogen) atoms. The van der Waals surface area contributed by atoms with Crippen LogP contribution in [0.5, 0.6) is 0 Å². The number of fused-ring (bicyclic) bond motifs is 3. The summed E-state index contributed by atoms with van der Waals surface area (Å²) in [5, 5.41) is 0. The molecule has 170 valence electrons. The van der Waals surface area contributed by atoms with Crippen LogP contribution >= 0.6 is 22.6 Å². The van der Waals surface area contributed by atoms with Crippen molar-refractivity contribution in [2.45, 2.75) is 35.3 Å². The maximum atomic E-state index is 14.2. The fourth-order valence-corrected chi connectivity index (χ4v) is 8.99. The van der Waals surface area contributed by atoms with Crippen molar-refractivity contribution in [2.75, 3.05) is 26.3 Å². The molecule has 1 saturated heterocycles. The van der Waals surface area contributed by atoms with Crippen LogP contribution in [-0.2, 0) is 30.5 Å². The first kappa shape index (κ1) is 22.3. The summed E-state index contributed by atoms with van der Waals surface area (Å²) in [6.07, 6.45) is 2.33. The number of sulfone groups is 1. The fourth-order valence-electron chi connectivity index (χ4n) is 5.96. The van der Waals surface area contributed by atoms with E-state index in [0.29, 0.717) is 45.6 Å². The molecule has 0 aromatic heterocycles. The van der Waals surface area contributed by atoms with Crippen LogP contribution in [0.15, 0.2) is 47.4 Å². The highest BCUT2D eigenvalue weighted by atomic mass is 127. The van der Waals surface area contributed by atoms with E-state index in [9.17, 15) is 17.6 Å². The minimum Gasteiger partial charge on any atom is -0.378 e. The molecule has 0 radical (unpaired) electrons. The van der Waals surface area contributed by atoms with Crippen LogP contribution in [-0.4, -0.2) is 45.5 Å². The summed E-state index contributed by atoms with van der Waals surface area (Å²) in [6, 6.07) is 11.0. The van der Waals surface area contributed by atoms with Crippen molar-refractivity contribution in [3.63, 3.8) is 0 Å². The minimum absolute atomic E-state index is 0.0449. The third-order valence-corrected chi connectivity index (χ3v) is 10.7. The molecule has 5 rings (SSSR count). The molecule has 2 aromatic rings. The predicted octanol–water partition coefficient (Wildman–Crippen LogP) is 3.93. The van der Waals surface area contributed by atoms with Gasteiger partial charge in [-0.1, -0.05) is 6.07 Å². The van der Waals surface area contributed by atoms with Crippen molar-refractivity contribution in [3.8, 4) is 0 Å². The first-order valence-corrected chi connectivity index (χ1v) is 13.6. The van der Waals surface area contributed by atoms with Crippen LogP contribution in [0.3, 0.4) is 0 Å². The van der Waals surface area contributed by atoms with Gasteiger partial charge in [-0.05, 0) is 102 Å². The first-order valence-electron chi connectivity index (χ1n) is 11.0. The number of morpholine rings is 1. The summed E-state index contributed by atoms with van der Waals surface area (Å²) in [5.74, 6) is -1.07. The molecule has 1 heterocycles. The number of hydrogen-bond donors (Lipinski definition) is 0. The van der Waals surface area contributed by atoms with Crippen molar-refractivity contribution < 1.29 is 22.3 Å². The zero-order valence-electron chi connectivity index (χ0n) is 17.6. The lowest BCUT2D eigenvalue weighted by atomic mass is 9.73. The van der Waals surface area contributed by atoms with Gasteiger partial charge in [0, 0.05) is 22.6 Å². The number of carbonyl (C=O) groups is 1. The lowest BCUT2D eigenvalue weighted by molar-refractivity contribution is -0.141. The van der Waals surface area contributed by atoms with Gasteiger partial charge in [0.25, 0.3) is 0 Å². The normalized spacial score (nSPS) is 27.6. The van der Waals surface area contributed by atoms with Crippen LogP contribution in [0.2, 0.25) is 0 Å². The Morgan fingerprint density at radius 2 is 1.81 bits per heavy atom. The average Bonchev–Trinajstić information content (AvgIpc) is 3.21. The number of rotatable bonds is 3. The lowest BCUT2D eigenvalue weighted by Gasteiger charge is -2.43. The highest BCUT2D eigenvalue weighted by Crippen LogP contribution is 2.59. The van der Waals surface area contributed by atoms with Gasteiger partial charge in [0.15, 0.2) is 9.84 Å². The van der Waals surface area contributed by atoms with Crippen LogP contribution in [0.1, 0.15) is 30.4 Å². The Balaban J connectivity index is 1.64. The number of aryl methyl sites for hydroxylation is 1. The van der Waals surface area contributed by atoms with E-state index in [1.807, 2.05) is 17.0 Å². The van der Waals surface area contributed by atoms with E-state index >= 15 is 0 Å². The van der Waals surface area contributed by atoms with Crippen molar-refractivity contribution in [2.24, 2.45) is 11.8 Å². The van der Waals surface area contributed by atoms with E-state index in [1.54, 1.807) is 0 Å². The standard InChI is InChI=1S/C24H25FINO4S/c25-17-2-5-19(6-3-17)32(29,30)24-10-9-20(23(28)27-11-13-31-14-12-27)22(24)7-1-16-15-18(26)4-8-21(16)24/h2-6,8,15,20,22H,1,7,9-14H2/t20-,22+,24-/m1/s1. The van der Waals surface area contributed by atoms with E-state index < -0.39 is 20.4 Å². The molecular weight excluding hydrogens is 544 g/mol. The largest absolute Gasteiger partial charge is 0.378 e. The molecule has 1 saturated carbocycles. The Morgan fingerprint density at radius 3 is 2.53 bits per heavy atom. The number of nitrogens with zero attached hydrogens (tertiary/aromatic N) is 1. The molecule has 3 aliphatic rings. The van der Waals surface area contributed by atoms with E-state index in [4.69, 9.17) is 4.74 Å². The van der Waals surface area contributed by atoms with E-state index in [1.165, 1.54) is 24.3 Å². The molecule has 3 atom stereocenters. The van der Waals surface area contributed by atoms with Gasteiger partial charge in [0.05, 0.1) is 18.1 Å². The molecule has 5 nitrogen and oxygen atoms in total. The van der Waals surface area contributed by atoms with E-state index in [2.05, 4.69) is 28.7 Å². The summed E-state index contributed by atoms with van der Waals surface area (Å²) >= 11 is 2.25. The average molecular weight is 569 g/mol. The molecule has 0 bridgehead atoms. The van der Waals surface area contributed by atoms with Crippen LogP contribution in [0, 0.1) is 21.2 Å². The number of amides is 1. The van der Waals surface area contributed by atoms with Gasteiger partial charge >= 0.3 is 0 Å². The monoisotopic (exact) mass is 569 g/mol. The summed E-state index contributed by atoms with van der Waals surface area (Å²) < 4.78 is 47.3. The molecule has 2 fully saturated rings. The smallest absolute Gasteiger partial charge is 0.226 e. The van der Waals surface area contributed by atoms with Crippen molar-refractivity contribution in [1.29, 1.82) is 0 Å². The summed E-state index contributed by atoms with van der Waals surface area (Å²) in [6.45, 7) is 2.13. The lowest BCUT2D eigenvalue weighted by Crippen LogP contribution is -2.49. The Bertz CT molecular complexity index is 1150. The van der Waals surface area contributed by atoms with Gasteiger partial charge < -0.3 is 9.64 Å². The summed E-state index contributed by atoms with van der Waals surface area (Å²) in [4.78, 5) is 15.4. The Hall–Kier alpha value is -1.52. The number of carbonyl (C=O) groups excluding carboxylic acids is 1. The molecule has 1 aliphatic heterocycles. The van der Waals surface area contributed by atoms with E-state index in [0.717, 1.165) is 21.1 Å². The van der Waals surface area contributed by atoms with Crippen molar-refractivity contribution >= 4 is 38.3 Å². The van der Waals surface area contributed by atoms with Gasteiger partial charge in [0.1, 0.15) is 10.6 Å². The SMILES string of the molecule is O=C([C@@H]1CC[C@@]2(S(=O)(=O)c3ccc(F)cc3)c3ccc(I)cc3CC[C@@H]12)N1CCOCC1. The summed E-state index contributed by atoms with van der Waals surface area (Å²) in [7, 11) is -3.87. The van der Waals surface area contributed by atoms with Crippen molar-refractivity contribution in [3.05, 3.63) is 63.0 Å². The third-order valence-electron chi connectivity index (χ3n) is 7.40. The highest BCUT2D eigenvalue weighted by molar-refractivity contribution is 14.1. The molecule has 0 unspecified atom stereocenters. The van der Waals surface area contributed by atoms with Gasteiger partial charge in [-0.2, -0.15) is 0 Å². The zero-order valence-corrected chi connectivity index (χ0v) is 20.6. The van der Waals surface area contributed by atoms with Gasteiger partial charge in [-0.15, -0.1) is 0 Å². The maximum Gasteiger partial charge on any atom is 0.226 e. The third kappa shape index (κ3) is 3.40. The Morgan fingerprint density at radius 1 is 1.09 bits per heavy atom. The van der Waals surface area contributed by atoms with E-state index in [-0.39, 0.29) is 22.6 Å². The van der Waals surface area contributed by atoms with Gasteiger partial charge in [-0.3, -0.25) is 4.79 Å². The zero-order chi connectivity index (χ0) is 22.5.